The molecule has 0 atom stereocenters. The van der Waals surface area contributed by atoms with Gasteiger partial charge in [-0.1, -0.05) is 0 Å². The van der Waals surface area contributed by atoms with Crippen LogP contribution in [0.2, 0.25) is 0 Å². The molecular weight excluding hydrogens is 220 g/mol. The van der Waals surface area contributed by atoms with Gasteiger partial charge in [0.1, 0.15) is 0 Å². The summed E-state index contributed by atoms with van der Waals surface area (Å²) < 4.78 is 25.9. The van der Waals surface area contributed by atoms with Crippen molar-refractivity contribution in [1.82, 2.24) is 9.97 Å². The van der Waals surface area contributed by atoms with Gasteiger partial charge in [0.15, 0.2) is 0 Å². The van der Waals surface area contributed by atoms with Gasteiger partial charge in [0.2, 0.25) is 17.8 Å². The van der Waals surface area contributed by atoms with Crippen LogP contribution in [0.15, 0.2) is 0 Å². The Morgan fingerprint density at radius 2 is 1.94 bits per heavy atom. The third kappa shape index (κ3) is 3.41. The zero-order chi connectivity index (χ0) is 12.1. The van der Waals surface area contributed by atoms with E-state index in [0.29, 0.717) is 6.42 Å². The Bertz CT molecular complexity index is 375. The van der Waals surface area contributed by atoms with E-state index < -0.39 is 17.9 Å². The maximum atomic E-state index is 13.0. The van der Waals surface area contributed by atoms with E-state index in [1.165, 1.54) is 6.92 Å². The summed E-state index contributed by atoms with van der Waals surface area (Å²) in [4.78, 5) is 16.9. The summed E-state index contributed by atoms with van der Waals surface area (Å²) in [6.45, 7) is 1.48. The number of aliphatic carboxylic acids is 1. The lowest BCUT2D eigenvalue weighted by molar-refractivity contribution is -0.137. The number of carboxylic acid groups (broad SMARTS) is 1. The molecule has 1 heterocycles. The maximum Gasteiger partial charge on any atom is 0.303 e. The highest BCUT2D eigenvalue weighted by Crippen LogP contribution is 2.09. The smallest absolute Gasteiger partial charge is 0.303 e. The number of carbonyl (C=O) groups is 1. The minimum absolute atomic E-state index is 0.0240. The second-order valence-corrected chi connectivity index (χ2v) is 3.18. The van der Waals surface area contributed by atoms with Gasteiger partial charge in [0.25, 0.3) is 0 Å². The normalized spacial score (nSPS) is 10.2. The van der Waals surface area contributed by atoms with Crippen LogP contribution in [0.5, 0.6) is 0 Å². The number of nitrogens with zero attached hydrogens (tertiary/aromatic N) is 2. The molecule has 0 saturated heterocycles. The fourth-order valence-electron chi connectivity index (χ4n) is 0.983. The Labute approximate surface area is 90.5 Å². The van der Waals surface area contributed by atoms with Crippen molar-refractivity contribution >= 4 is 11.9 Å². The number of nitrogens with one attached hydrogen (secondary N) is 1. The number of halogens is 2. The third-order valence-corrected chi connectivity index (χ3v) is 1.88. The fourth-order valence-corrected chi connectivity index (χ4v) is 0.983. The summed E-state index contributed by atoms with van der Waals surface area (Å²) >= 11 is 0. The molecule has 0 bridgehead atoms. The molecular formula is C9H11F2N3O2. The van der Waals surface area contributed by atoms with Crippen LogP contribution in [0.4, 0.5) is 14.7 Å². The Balaban J connectivity index is 2.52. The standard InChI is InChI=1S/C9H11F2N3O2/c1-5-7(10)13-9(14-8(5)11)12-4-2-3-6(15)16/h2-4H2,1H3,(H,15,16)(H,12,13,14). The Hall–Kier alpha value is -1.79. The molecule has 0 aromatic carbocycles. The molecule has 0 saturated carbocycles. The van der Waals surface area contributed by atoms with Crippen molar-refractivity contribution in [2.45, 2.75) is 19.8 Å². The van der Waals surface area contributed by atoms with Crippen molar-refractivity contribution < 1.29 is 18.7 Å². The van der Waals surface area contributed by atoms with Gasteiger partial charge in [0.05, 0.1) is 5.56 Å². The molecule has 0 aliphatic carbocycles. The highest BCUT2D eigenvalue weighted by molar-refractivity contribution is 5.66. The molecule has 1 aromatic rings. The minimum atomic E-state index is -0.927. The predicted octanol–water partition coefficient (Wildman–Crippen LogP) is 1.34. The van der Waals surface area contributed by atoms with Crippen LogP contribution in [0.25, 0.3) is 0 Å². The molecule has 0 aliphatic rings. The molecule has 0 radical (unpaired) electrons. The first kappa shape index (κ1) is 12.3. The van der Waals surface area contributed by atoms with E-state index in [4.69, 9.17) is 5.11 Å². The fraction of sp³-hybridized carbons (Fsp3) is 0.444. The Morgan fingerprint density at radius 1 is 1.38 bits per heavy atom. The second-order valence-electron chi connectivity index (χ2n) is 3.18. The van der Waals surface area contributed by atoms with Crippen LogP contribution in [-0.4, -0.2) is 27.6 Å². The molecule has 1 aromatic heterocycles. The van der Waals surface area contributed by atoms with Crippen LogP contribution in [-0.2, 0) is 4.79 Å². The monoisotopic (exact) mass is 231 g/mol. The molecule has 1 rings (SSSR count). The van der Waals surface area contributed by atoms with Crippen LogP contribution in [0.3, 0.4) is 0 Å². The summed E-state index contributed by atoms with van der Waals surface area (Å²) in [5.41, 5.74) is -0.240. The van der Waals surface area contributed by atoms with Crippen molar-refractivity contribution in [2.24, 2.45) is 0 Å². The van der Waals surface area contributed by atoms with Crippen LogP contribution >= 0.6 is 0 Å². The van der Waals surface area contributed by atoms with Gasteiger partial charge in [-0.25, -0.2) is 0 Å². The average molecular weight is 231 g/mol. The summed E-state index contributed by atoms with van der Waals surface area (Å²) in [5.74, 6) is -2.95. The van der Waals surface area contributed by atoms with Crippen molar-refractivity contribution in [3.8, 4) is 0 Å². The first-order chi connectivity index (χ1) is 7.50. The maximum absolute atomic E-state index is 13.0. The average Bonchev–Trinajstić information content (AvgIpc) is 2.20. The summed E-state index contributed by atoms with van der Waals surface area (Å²) in [5, 5.41) is 10.9. The molecule has 7 heteroatoms. The largest absolute Gasteiger partial charge is 0.481 e. The van der Waals surface area contributed by atoms with Gasteiger partial charge < -0.3 is 10.4 Å². The van der Waals surface area contributed by atoms with E-state index in [0.717, 1.165) is 0 Å². The third-order valence-electron chi connectivity index (χ3n) is 1.88. The van der Waals surface area contributed by atoms with Gasteiger partial charge in [-0.05, 0) is 13.3 Å². The SMILES string of the molecule is Cc1c(F)nc(NCCCC(=O)O)nc1F. The van der Waals surface area contributed by atoms with Crippen LogP contribution < -0.4 is 5.32 Å². The van der Waals surface area contributed by atoms with Crippen molar-refractivity contribution in [2.75, 3.05) is 11.9 Å². The van der Waals surface area contributed by atoms with Gasteiger partial charge in [0, 0.05) is 13.0 Å². The number of anilines is 1. The van der Waals surface area contributed by atoms with E-state index in [1.54, 1.807) is 0 Å². The molecule has 16 heavy (non-hydrogen) atoms. The summed E-state index contributed by atoms with van der Waals surface area (Å²) in [6.07, 6.45) is 0.305. The number of hydrogen-bond donors (Lipinski definition) is 2. The lowest BCUT2D eigenvalue weighted by Gasteiger charge is -2.04. The summed E-state index contributed by atoms with van der Waals surface area (Å²) in [7, 11) is 0. The van der Waals surface area contributed by atoms with E-state index in [2.05, 4.69) is 15.3 Å². The van der Waals surface area contributed by atoms with Gasteiger partial charge in [-0.3, -0.25) is 4.79 Å². The van der Waals surface area contributed by atoms with E-state index in [-0.39, 0.29) is 24.5 Å². The van der Waals surface area contributed by atoms with E-state index in [9.17, 15) is 13.6 Å². The number of rotatable bonds is 5. The van der Waals surface area contributed by atoms with Crippen molar-refractivity contribution in [1.29, 1.82) is 0 Å². The van der Waals surface area contributed by atoms with Crippen LogP contribution in [0.1, 0.15) is 18.4 Å². The molecule has 0 aliphatic heterocycles. The lowest BCUT2D eigenvalue weighted by Crippen LogP contribution is -2.10. The quantitative estimate of drug-likeness (QED) is 0.590. The second kappa shape index (κ2) is 5.34. The molecule has 0 spiro atoms. The molecule has 5 nitrogen and oxygen atoms in total. The van der Waals surface area contributed by atoms with Gasteiger partial charge in [-0.2, -0.15) is 18.7 Å². The molecule has 0 amide bonds. The summed E-state index contributed by atoms with van der Waals surface area (Å²) in [6, 6.07) is 0. The molecule has 2 N–H and O–H groups in total. The lowest BCUT2D eigenvalue weighted by atomic mass is 10.3. The number of aromatic nitrogens is 2. The first-order valence-electron chi connectivity index (χ1n) is 4.66. The zero-order valence-electron chi connectivity index (χ0n) is 8.63. The highest BCUT2D eigenvalue weighted by atomic mass is 19.1. The predicted molar refractivity (Wildman–Crippen MR) is 52.0 cm³/mol. The van der Waals surface area contributed by atoms with Gasteiger partial charge >= 0.3 is 5.97 Å². The molecule has 0 fully saturated rings. The van der Waals surface area contributed by atoms with Crippen molar-refractivity contribution in [3.63, 3.8) is 0 Å². The molecule has 88 valence electrons. The first-order valence-corrected chi connectivity index (χ1v) is 4.66. The number of carboxylic acids is 1. The number of hydrogen-bond acceptors (Lipinski definition) is 4. The van der Waals surface area contributed by atoms with Crippen molar-refractivity contribution in [3.05, 3.63) is 17.5 Å². The Morgan fingerprint density at radius 3 is 2.44 bits per heavy atom. The van der Waals surface area contributed by atoms with Gasteiger partial charge in [-0.15, -0.1) is 0 Å². The van der Waals surface area contributed by atoms with Crippen LogP contribution in [0, 0.1) is 18.8 Å². The Kier molecular flexibility index (Phi) is 4.10. The highest BCUT2D eigenvalue weighted by Gasteiger charge is 2.09. The zero-order valence-corrected chi connectivity index (χ0v) is 8.63. The molecule has 0 unspecified atom stereocenters. The minimum Gasteiger partial charge on any atom is -0.481 e. The topological polar surface area (TPSA) is 75.1 Å². The van der Waals surface area contributed by atoms with E-state index in [1.807, 2.05) is 0 Å². The van der Waals surface area contributed by atoms with E-state index >= 15 is 0 Å².